The minimum absolute atomic E-state index is 0.239. The van der Waals surface area contributed by atoms with Gasteiger partial charge in [-0.15, -0.1) is 0 Å². The fourth-order valence-electron chi connectivity index (χ4n) is 3.60. The second-order valence-corrected chi connectivity index (χ2v) is 6.39. The lowest BCUT2D eigenvalue weighted by atomic mass is 9.73. The van der Waals surface area contributed by atoms with Gasteiger partial charge in [0.1, 0.15) is 0 Å². The van der Waals surface area contributed by atoms with Crippen LogP contribution in [0.25, 0.3) is 0 Å². The lowest BCUT2D eigenvalue weighted by molar-refractivity contribution is -0.133. The van der Waals surface area contributed by atoms with Gasteiger partial charge in [0.25, 0.3) is 0 Å². The summed E-state index contributed by atoms with van der Waals surface area (Å²) < 4.78 is 0. The van der Waals surface area contributed by atoms with Crippen molar-refractivity contribution in [2.24, 2.45) is 17.1 Å². The molecule has 0 aromatic rings. The molecular formula is C15H28N2O. The third-order valence-corrected chi connectivity index (χ3v) is 5.11. The molecule has 3 nitrogen and oxygen atoms in total. The smallest absolute Gasteiger partial charge is 0.227 e. The van der Waals surface area contributed by atoms with Crippen molar-refractivity contribution in [3.05, 3.63) is 0 Å². The van der Waals surface area contributed by atoms with Crippen LogP contribution in [0.5, 0.6) is 0 Å². The zero-order valence-corrected chi connectivity index (χ0v) is 11.7. The molecule has 0 saturated heterocycles. The first-order valence-corrected chi connectivity index (χ1v) is 7.69. The van der Waals surface area contributed by atoms with Crippen LogP contribution in [0, 0.1) is 11.3 Å². The van der Waals surface area contributed by atoms with E-state index in [1.165, 1.54) is 25.7 Å². The third-order valence-electron chi connectivity index (χ3n) is 5.11. The fraction of sp³-hybridized carbons (Fsp3) is 0.933. The summed E-state index contributed by atoms with van der Waals surface area (Å²) in [7, 11) is 0. The van der Waals surface area contributed by atoms with Crippen LogP contribution in [0.4, 0.5) is 0 Å². The Balaban J connectivity index is 1.96. The van der Waals surface area contributed by atoms with Crippen LogP contribution >= 0.6 is 0 Å². The van der Waals surface area contributed by atoms with Crippen molar-refractivity contribution >= 4 is 5.91 Å². The molecule has 0 spiro atoms. The second-order valence-electron chi connectivity index (χ2n) is 6.39. The minimum Gasteiger partial charge on any atom is -0.353 e. The summed E-state index contributed by atoms with van der Waals surface area (Å²) in [5, 5.41) is 3.31. The van der Waals surface area contributed by atoms with Gasteiger partial charge >= 0.3 is 0 Å². The summed E-state index contributed by atoms with van der Waals surface area (Å²) in [5.41, 5.74) is 5.66. The van der Waals surface area contributed by atoms with Crippen LogP contribution in [-0.4, -0.2) is 18.5 Å². The van der Waals surface area contributed by atoms with Crippen LogP contribution in [0.3, 0.4) is 0 Å². The molecule has 3 heteroatoms. The fourth-order valence-corrected chi connectivity index (χ4v) is 3.60. The topological polar surface area (TPSA) is 55.1 Å². The summed E-state index contributed by atoms with van der Waals surface area (Å²) in [4.78, 5) is 12.6. The molecule has 0 aromatic carbocycles. The van der Waals surface area contributed by atoms with Gasteiger partial charge in [-0.1, -0.05) is 39.0 Å². The molecule has 0 aliphatic heterocycles. The van der Waals surface area contributed by atoms with E-state index in [4.69, 9.17) is 5.73 Å². The second kappa shape index (κ2) is 6.05. The van der Waals surface area contributed by atoms with E-state index in [9.17, 15) is 4.79 Å². The van der Waals surface area contributed by atoms with Crippen LogP contribution < -0.4 is 11.1 Å². The Kier molecular flexibility index (Phi) is 4.66. The summed E-state index contributed by atoms with van der Waals surface area (Å²) in [5.74, 6) is 0.865. The Bertz CT molecular complexity index is 284. The lowest BCUT2D eigenvalue weighted by Crippen LogP contribution is -2.52. The molecule has 0 radical (unpaired) electrons. The van der Waals surface area contributed by atoms with Crippen molar-refractivity contribution in [3.8, 4) is 0 Å². The quantitative estimate of drug-likeness (QED) is 0.811. The standard InChI is InChI=1S/C15H28N2O/c1-12-7-3-4-8-13(12)17-14(18)15(11-16)9-5-2-6-10-15/h12-13H,2-11,16H2,1H3,(H,17,18). The number of nitrogens with one attached hydrogen (secondary N) is 1. The first kappa shape index (κ1) is 13.9. The monoisotopic (exact) mass is 252 g/mol. The van der Waals surface area contributed by atoms with Gasteiger partial charge in [-0.05, 0) is 31.6 Å². The molecule has 2 aliphatic rings. The van der Waals surface area contributed by atoms with Crippen LogP contribution in [0.15, 0.2) is 0 Å². The Morgan fingerprint density at radius 1 is 1.17 bits per heavy atom. The van der Waals surface area contributed by atoms with E-state index in [-0.39, 0.29) is 11.3 Å². The molecule has 2 unspecified atom stereocenters. The number of amides is 1. The van der Waals surface area contributed by atoms with E-state index in [1.807, 2.05) is 0 Å². The maximum Gasteiger partial charge on any atom is 0.227 e. The van der Waals surface area contributed by atoms with Crippen LogP contribution in [-0.2, 0) is 4.79 Å². The van der Waals surface area contributed by atoms with Gasteiger partial charge in [-0.25, -0.2) is 0 Å². The summed E-state index contributed by atoms with van der Waals surface area (Å²) in [6.07, 6.45) is 10.5. The first-order valence-electron chi connectivity index (χ1n) is 7.69. The van der Waals surface area contributed by atoms with Crippen molar-refractivity contribution in [2.45, 2.75) is 70.8 Å². The molecule has 3 N–H and O–H groups in total. The molecule has 2 saturated carbocycles. The Labute approximate surface area is 111 Å². The number of carbonyl (C=O) groups excluding carboxylic acids is 1. The normalized spacial score (nSPS) is 31.9. The zero-order chi connectivity index (χ0) is 13.0. The highest BCUT2D eigenvalue weighted by molar-refractivity contribution is 5.83. The molecule has 2 fully saturated rings. The van der Waals surface area contributed by atoms with Gasteiger partial charge in [0.15, 0.2) is 0 Å². The summed E-state index contributed by atoms with van der Waals surface area (Å²) in [6, 6.07) is 0.386. The molecule has 2 rings (SSSR count). The molecule has 0 heterocycles. The highest BCUT2D eigenvalue weighted by atomic mass is 16.2. The molecule has 1 amide bonds. The van der Waals surface area contributed by atoms with Gasteiger partial charge in [0, 0.05) is 12.6 Å². The molecule has 2 atom stereocenters. The van der Waals surface area contributed by atoms with Crippen molar-refractivity contribution in [2.75, 3.05) is 6.54 Å². The predicted molar refractivity (Wildman–Crippen MR) is 74.1 cm³/mol. The number of carbonyl (C=O) groups is 1. The van der Waals surface area contributed by atoms with Gasteiger partial charge in [0.2, 0.25) is 5.91 Å². The van der Waals surface area contributed by atoms with E-state index < -0.39 is 0 Å². The highest BCUT2D eigenvalue weighted by Gasteiger charge is 2.39. The van der Waals surface area contributed by atoms with Gasteiger partial charge < -0.3 is 11.1 Å². The lowest BCUT2D eigenvalue weighted by Gasteiger charge is -2.38. The molecule has 18 heavy (non-hydrogen) atoms. The first-order chi connectivity index (χ1) is 8.68. The zero-order valence-electron chi connectivity index (χ0n) is 11.7. The molecule has 104 valence electrons. The van der Waals surface area contributed by atoms with E-state index in [0.717, 1.165) is 32.1 Å². The SMILES string of the molecule is CC1CCCCC1NC(=O)C1(CN)CCCCC1. The van der Waals surface area contributed by atoms with Gasteiger partial charge in [0.05, 0.1) is 5.41 Å². The predicted octanol–water partition coefficient (Wildman–Crippen LogP) is 2.59. The van der Waals surface area contributed by atoms with Crippen LogP contribution in [0.2, 0.25) is 0 Å². The molecular weight excluding hydrogens is 224 g/mol. The van der Waals surface area contributed by atoms with Gasteiger partial charge in [-0.2, -0.15) is 0 Å². The maximum atomic E-state index is 12.6. The highest BCUT2D eigenvalue weighted by Crippen LogP contribution is 2.36. The third kappa shape index (κ3) is 2.87. The Morgan fingerprint density at radius 3 is 2.44 bits per heavy atom. The number of hydrogen-bond donors (Lipinski definition) is 2. The average molecular weight is 252 g/mol. The van der Waals surface area contributed by atoms with E-state index in [2.05, 4.69) is 12.2 Å². The molecule has 0 aromatic heterocycles. The van der Waals surface area contributed by atoms with Crippen molar-refractivity contribution < 1.29 is 4.79 Å². The van der Waals surface area contributed by atoms with Crippen molar-refractivity contribution in [1.29, 1.82) is 0 Å². The number of nitrogens with two attached hydrogens (primary N) is 1. The Morgan fingerprint density at radius 2 is 1.83 bits per heavy atom. The van der Waals surface area contributed by atoms with Gasteiger partial charge in [-0.3, -0.25) is 4.79 Å². The van der Waals surface area contributed by atoms with E-state index in [0.29, 0.717) is 18.5 Å². The van der Waals surface area contributed by atoms with Crippen LogP contribution in [0.1, 0.15) is 64.7 Å². The van der Waals surface area contributed by atoms with E-state index >= 15 is 0 Å². The maximum absolute atomic E-state index is 12.6. The van der Waals surface area contributed by atoms with Crippen molar-refractivity contribution in [3.63, 3.8) is 0 Å². The minimum atomic E-state index is -0.255. The summed E-state index contributed by atoms with van der Waals surface area (Å²) in [6.45, 7) is 2.78. The average Bonchev–Trinajstić information content (AvgIpc) is 2.42. The van der Waals surface area contributed by atoms with Crippen molar-refractivity contribution in [1.82, 2.24) is 5.32 Å². The summed E-state index contributed by atoms with van der Waals surface area (Å²) >= 11 is 0. The number of rotatable bonds is 3. The number of hydrogen-bond acceptors (Lipinski definition) is 2. The van der Waals surface area contributed by atoms with E-state index in [1.54, 1.807) is 0 Å². The Hall–Kier alpha value is -0.570. The molecule has 2 aliphatic carbocycles. The molecule has 0 bridgehead atoms. The largest absolute Gasteiger partial charge is 0.353 e.